The minimum Gasteiger partial charge on any atom is -0.356 e. The van der Waals surface area contributed by atoms with Crippen molar-refractivity contribution in [2.45, 2.75) is 51.0 Å². The Kier molecular flexibility index (Phi) is 8.60. The Balaban J connectivity index is 1.59. The van der Waals surface area contributed by atoms with E-state index in [0.717, 1.165) is 36.8 Å². The van der Waals surface area contributed by atoms with Crippen molar-refractivity contribution in [3.05, 3.63) is 34.9 Å². The van der Waals surface area contributed by atoms with E-state index in [9.17, 15) is 4.79 Å². The van der Waals surface area contributed by atoms with Gasteiger partial charge in [0.15, 0.2) is 5.96 Å². The lowest BCUT2D eigenvalue weighted by Gasteiger charge is -2.22. The van der Waals surface area contributed by atoms with E-state index in [1.165, 1.54) is 24.8 Å². The minimum atomic E-state index is 0.121. The topological polar surface area (TPSA) is 65.5 Å². The molecule has 6 heteroatoms. The second-order valence-corrected chi connectivity index (χ2v) is 6.89. The molecule has 0 radical (unpaired) electrons. The molecule has 0 aromatic heterocycles. The summed E-state index contributed by atoms with van der Waals surface area (Å²) in [5, 5.41) is 10.3. The van der Waals surface area contributed by atoms with Crippen molar-refractivity contribution in [1.29, 1.82) is 0 Å². The zero-order valence-electron chi connectivity index (χ0n) is 15.0. The molecule has 2 rings (SSSR count). The molecule has 25 heavy (non-hydrogen) atoms. The monoisotopic (exact) mass is 364 g/mol. The Hall–Kier alpha value is -1.75. The van der Waals surface area contributed by atoms with Gasteiger partial charge in [-0.15, -0.1) is 0 Å². The lowest BCUT2D eigenvalue weighted by Crippen LogP contribution is -2.41. The van der Waals surface area contributed by atoms with Gasteiger partial charge in [-0.25, -0.2) is 0 Å². The quantitative estimate of drug-likeness (QED) is 0.515. The smallest absolute Gasteiger partial charge is 0.221 e. The molecule has 1 aliphatic carbocycles. The number of hydrogen-bond donors (Lipinski definition) is 3. The lowest BCUT2D eigenvalue weighted by molar-refractivity contribution is -0.121. The molecule has 0 heterocycles. The van der Waals surface area contributed by atoms with Crippen LogP contribution in [-0.2, 0) is 11.2 Å². The number of nitrogens with one attached hydrogen (secondary N) is 3. The molecular formula is C19H29ClN4O. The fourth-order valence-electron chi connectivity index (χ4n) is 3.04. The summed E-state index contributed by atoms with van der Waals surface area (Å²) in [6.45, 7) is 1.36. The summed E-state index contributed by atoms with van der Waals surface area (Å²) in [4.78, 5) is 16.2. The molecule has 0 aliphatic heterocycles. The maximum Gasteiger partial charge on any atom is 0.221 e. The zero-order chi connectivity index (χ0) is 17.9. The molecule has 0 unspecified atom stereocenters. The maximum absolute atomic E-state index is 12.0. The summed E-state index contributed by atoms with van der Waals surface area (Å²) in [6.07, 6.45) is 7.35. The van der Waals surface area contributed by atoms with Crippen molar-refractivity contribution >= 4 is 23.5 Å². The van der Waals surface area contributed by atoms with Gasteiger partial charge >= 0.3 is 0 Å². The van der Waals surface area contributed by atoms with Crippen LogP contribution in [0.5, 0.6) is 0 Å². The number of rotatable bonds is 7. The fraction of sp³-hybridized carbons (Fsp3) is 0.579. The number of benzene rings is 1. The van der Waals surface area contributed by atoms with Gasteiger partial charge < -0.3 is 16.0 Å². The highest BCUT2D eigenvalue weighted by Crippen LogP contribution is 2.17. The predicted molar refractivity (Wildman–Crippen MR) is 104 cm³/mol. The molecule has 1 fully saturated rings. The SMILES string of the molecule is CN=C(NCCC(=O)NC1CCCCC1)NCCc1ccc(Cl)cc1. The molecule has 0 bridgehead atoms. The molecule has 0 saturated heterocycles. The van der Waals surface area contributed by atoms with E-state index < -0.39 is 0 Å². The number of amides is 1. The first-order valence-corrected chi connectivity index (χ1v) is 9.53. The van der Waals surface area contributed by atoms with Crippen LogP contribution in [0, 0.1) is 0 Å². The van der Waals surface area contributed by atoms with E-state index in [1.54, 1.807) is 7.05 Å². The third-order valence-corrected chi connectivity index (χ3v) is 4.71. The summed E-state index contributed by atoms with van der Waals surface area (Å²) in [5.74, 6) is 0.843. The number of halogens is 1. The molecule has 3 N–H and O–H groups in total. The molecule has 1 aromatic rings. The maximum atomic E-state index is 12.0. The van der Waals surface area contributed by atoms with E-state index in [4.69, 9.17) is 11.6 Å². The Morgan fingerprint density at radius 1 is 1.12 bits per heavy atom. The summed E-state index contributed by atoms with van der Waals surface area (Å²) in [6, 6.07) is 8.22. The van der Waals surface area contributed by atoms with Gasteiger partial charge in [-0.1, -0.05) is 43.0 Å². The molecule has 1 saturated carbocycles. The molecule has 1 amide bonds. The Labute approximate surface area is 155 Å². The van der Waals surface area contributed by atoms with Crippen molar-refractivity contribution in [3.8, 4) is 0 Å². The zero-order valence-corrected chi connectivity index (χ0v) is 15.7. The van der Waals surface area contributed by atoms with Crippen LogP contribution in [0.3, 0.4) is 0 Å². The third-order valence-electron chi connectivity index (χ3n) is 4.46. The molecule has 5 nitrogen and oxygen atoms in total. The first kappa shape index (κ1) is 19.6. The third kappa shape index (κ3) is 7.78. The number of aliphatic imine (C=N–C) groups is 1. The van der Waals surface area contributed by atoms with Gasteiger partial charge in [0.25, 0.3) is 0 Å². The first-order chi connectivity index (χ1) is 12.2. The summed E-state index contributed by atoms with van der Waals surface area (Å²) in [7, 11) is 1.74. The van der Waals surface area contributed by atoms with E-state index in [0.29, 0.717) is 19.0 Å². The summed E-state index contributed by atoms with van der Waals surface area (Å²) >= 11 is 5.89. The molecular weight excluding hydrogens is 336 g/mol. The Bertz CT molecular complexity index is 553. The van der Waals surface area contributed by atoms with Crippen LogP contribution in [-0.4, -0.2) is 38.0 Å². The van der Waals surface area contributed by atoms with Crippen molar-refractivity contribution in [2.24, 2.45) is 4.99 Å². The van der Waals surface area contributed by atoms with Gasteiger partial charge in [-0.3, -0.25) is 9.79 Å². The average Bonchev–Trinajstić information content (AvgIpc) is 2.63. The Morgan fingerprint density at radius 3 is 2.48 bits per heavy atom. The summed E-state index contributed by atoms with van der Waals surface area (Å²) < 4.78 is 0. The van der Waals surface area contributed by atoms with Crippen LogP contribution < -0.4 is 16.0 Å². The second-order valence-electron chi connectivity index (χ2n) is 6.45. The van der Waals surface area contributed by atoms with Crippen LogP contribution in [0.4, 0.5) is 0 Å². The number of carbonyl (C=O) groups excluding carboxylic acids is 1. The Morgan fingerprint density at radius 2 is 1.80 bits per heavy atom. The van der Waals surface area contributed by atoms with Gasteiger partial charge in [0.2, 0.25) is 5.91 Å². The highest BCUT2D eigenvalue weighted by molar-refractivity contribution is 6.30. The van der Waals surface area contributed by atoms with Crippen LogP contribution in [0.2, 0.25) is 5.02 Å². The number of guanidine groups is 1. The predicted octanol–water partition coefficient (Wildman–Crippen LogP) is 2.89. The van der Waals surface area contributed by atoms with E-state index in [2.05, 4.69) is 20.9 Å². The van der Waals surface area contributed by atoms with Crippen molar-refractivity contribution in [3.63, 3.8) is 0 Å². The number of hydrogen-bond acceptors (Lipinski definition) is 2. The standard InChI is InChI=1S/C19H29ClN4O/c1-21-19(22-13-11-15-7-9-16(20)10-8-15)23-14-12-18(25)24-17-5-3-2-4-6-17/h7-10,17H,2-6,11-14H2,1H3,(H,24,25)(H2,21,22,23). The van der Waals surface area contributed by atoms with Crippen LogP contribution >= 0.6 is 11.6 Å². The second kappa shape index (κ2) is 11.0. The largest absolute Gasteiger partial charge is 0.356 e. The summed E-state index contributed by atoms with van der Waals surface area (Å²) in [5.41, 5.74) is 1.22. The van der Waals surface area contributed by atoms with Crippen molar-refractivity contribution in [2.75, 3.05) is 20.1 Å². The van der Waals surface area contributed by atoms with Gasteiger partial charge in [0, 0.05) is 37.6 Å². The van der Waals surface area contributed by atoms with E-state index in [1.807, 2.05) is 24.3 Å². The van der Waals surface area contributed by atoms with Crippen molar-refractivity contribution < 1.29 is 4.79 Å². The average molecular weight is 365 g/mol. The van der Waals surface area contributed by atoms with Gasteiger partial charge in [0.1, 0.15) is 0 Å². The highest BCUT2D eigenvalue weighted by atomic mass is 35.5. The van der Waals surface area contributed by atoms with E-state index in [-0.39, 0.29) is 5.91 Å². The van der Waals surface area contributed by atoms with Crippen LogP contribution in [0.25, 0.3) is 0 Å². The highest BCUT2D eigenvalue weighted by Gasteiger charge is 2.15. The van der Waals surface area contributed by atoms with Gasteiger partial charge in [-0.2, -0.15) is 0 Å². The number of nitrogens with zero attached hydrogens (tertiary/aromatic N) is 1. The molecule has 0 spiro atoms. The first-order valence-electron chi connectivity index (χ1n) is 9.15. The van der Waals surface area contributed by atoms with Gasteiger partial charge in [-0.05, 0) is 37.0 Å². The van der Waals surface area contributed by atoms with Crippen LogP contribution in [0.15, 0.2) is 29.3 Å². The van der Waals surface area contributed by atoms with E-state index >= 15 is 0 Å². The minimum absolute atomic E-state index is 0.121. The van der Waals surface area contributed by atoms with Crippen molar-refractivity contribution in [1.82, 2.24) is 16.0 Å². The fourth-order valence-corrected chi connectivity index (χ4v) is 3.16. The van der Waals surface area contributed by atoms with Crippen LogP contribution in [0.1, 0.15) is 44.1 Å². The molecule has 1 aliphatic rings. The molecule has 1 aromatic carbocycles. The molecule has 0 atom stereocenters. The number of carbonyl (C=O) groups is 1. The van der Waals surface area contributed by atoms with Gasteiger partial charge in [0.05, 0.1) is 0 Å². The normalized spacial score (nSPS) is 15.7. The lowest BCUT2D eigenvalue weighted by atomic mass is 9.95. The molecule has 138 valence electrons.